The summed E-state index contributed by atoms with van der Waals surface area (Å²) in [5.74, 6) is -1.30. The Morgan fingerprint density at radius 1 is 1.41 bits per heavy atom. The molecule has 0 bridgehead atoms. The van der Waals surface area contributed by atoms with Crippen molar-refractivity contribution in [3.05, 3.63) is 29.3 Å². The van der Waals surface area contributed by atoms with Gasteiger partial charge < -0.3 is 9.84 Å². The minimum atomic E-state index is -3.50. The number of ether oxygens (including phenoxy) is 1. The molecule has 1 rings (SSSR count). The van der Waals surface area contributed by atoms with E-state index in [-0.39, 0.29) is 22.8 Å². The summed E-state index contributed by atoms with van der Waals surface area (Å²) in [6.45, 7) is 1.71. The molecule has 0 heterocycles. The molecule has 1 N–H and O–H groups in total. The molecule has 0 fully saturated rings. The summed E-state index contributed by atoms with van der Waals surface area (Å²) in [4.78, 5) is 10.8. The third-order valence-electron chi connectivity index (χ3n) is 2.33. The molecule has 0 unspecified atom stereocenters. The molecule has 0 aliphatic heterocycles. The Hall–Kier alpha value is -1.40. The lowest BCUT2D eigenvalue weighted by atomic mass is 10.1. The number of hydrogen-bond acceptors (Lipinski definition) is 4. The van der Waals surface area contributed by atoms with Crippen LogP contribution in [0.3, 0.4) is 0 Å². The van der Waals surface area contributed by atoms with Crippen LogP contribution in [0.2, 0.25) is 0 Å². The summed E-state index contributed by atoms with van der Waals surface area (Å²) in [6.07, 6.45) is 0. The van der Waals surface area contributed by atoms with Gasteiger partial charge in [-0.3, -0.25) is 0 Å². The second kappa shape index (κ2) is 5.29. The van der Waals surface area contributed by atoms with Gasteiger partial charge in [-0.2, -0.15) is 0 Å². The van der Waals surface area contributed by atoms with Gasteiger partial charge in [0.25, 0.3) is 0 Å². The molecular formula is C11H14O5S. The van der Waals surface area contributed by atoms with E-state index in [1.807, 2.05) is 0 Å². The van der Waals surface area contributed by atoms with E-state index in [0.29, 0.717) is 5.56 Å². The highest BCUT2D eigenvalue weighted by Crippen LogP contribution is 2.18. The minimum Gasteiger partial charge on any atom is -0.478 e. The molecule has 1 aromatic carbocycles. The Bertz CT molecular complexity index is 519. The number of aromatic carboxylic acids is 1. The van der Waals surface area contributed by atoms with E-state index >= 15 is 0 Å². The van der Waals surface area contributed by atoms with Gasteiger partial charge >= 0.3 is 5.97 Å². The number of carbonyl (C=O) groups is 1. The molecule has 0 aliphatic carbocycles. The van der Waals surface area contributed by atoms with Crippen LogP contribution in [0.5, 0.6) is 0 Å². The summed E-state index contributed by atoms with van der Waals surface area (Å²) in [6, 6.07) is 4.05. The van der Waals surface area contributed by atoms with Crippen molar-refractivity contribution in [1.82, 2.24) is 0 Å². The molecule has 0 atom stereocenters. The zero-order valence-corrected chi connectivity index (χ0v) is 10.5. The average molecular weight is 258 g/mol. The summed E-state index contributed by atoms with van der Waals surface area (Å²) >= 11 is 0. The smallest absolute Gasteiger partial charge is 0.335 e. The number of carboxylic acids is 1. The molecule has 0 amide bonds. The van der Waals surface area contributed by atoms with E-state index < -0.39 is 15.8 Å². The lowest BCUT2D eigenvalue weighted by Gasteiger charge is -2.08. The number of carboxylic acid groups (broad SMARTS) is 1. The van der Waals surface area contributed by atoms with Crippen LogP contribution in [0, 0.1) is 6.92 Å². The van der Waals surface area contributed by atoms with Gasteiger partial charge in [0.2, 0.25) is 0 Å². The lowest BCUT2D eigenvalue weighted by molar-refractivity contribution is 0.0696. The zero-order chi connectivity index (χ0) is 13.1. The summed E-state index contributed by atoms with van der Waals surface area (Å²) in [7, 11) is -2.08. The van der Waals surface area contributed by atoms with Crippen LogP contribution >= 0.6 is 0 Å². The van der Waals surface area contributed by atoms with Gasteiger partial charge in [0, 0.05) is 7.11 Å². The second-order valence-electron chi connectivity index (χ2n) is 3.60. The van der Waals surface area contributed by atoms with Crippen molar-refractivity contribution in [2.75, 3.05) is 19.5 Å². The Labute approximate surface area is 100.0 Å². The fourth-order valence-electron chi connectivity index (χ4n) is 1.37. The number of aryl methyl sites for hydroxylation is 1. The maximum Gasteiger partial charge on any atom is 0.335 e. The van der Waals surface area contributed by atoms with Crippen LogP contribution in [-0.4, -0.2) is 39.0 Å². The van der Waals surface area contributed by atoms with Crippen LogP contribution in [0.25, 0.3) is 0 Å². The molecular weight excluding hydrogens is 244 g/mol. The van der Waals surface area contributed by atoms with E-state index in [1.165, 1.54) is 25.3 Å². The average Bonchev–Trinajstić information content (AvgIpc) is 2.26. The van der Waals surface area contributed by atoms with E-state index in [0.717, 1.165) is 0 Å². The van der Waals surface area contributed by atoms with Crippen molar-refractivity contribution >= 4 is 15.8 Å². The first-order chi connectivity index (χ1) is 7.88. The van der Waals surface area contributed by atoms with Crippen molar-refractivity contribution in [2.24, 2.45) is 0 Å². The summed E-state index contributed by atoms with van der Waals surface area (Å²) < 4.78 is 28.5. The maximum atomic E-state index is 11.9. The summed E-state index contributed by atoms with van der Waals surface area (Å²) in [5, 5.41) is 8.82. The molecule has 5 nitrogen and oxygen atoms in total. The zero-order valence-electron chi connectivity index (χ0n) is 9.63. The van der Waals surface area contributed by atoms with Gasteiger partial charge in [-0.1, -0.05) is 6.07 Å². The molecule has 0 spiro atoms. The van der Waals surface area contributed by atoms with E-state index in [4.69, 9.17) is 9.84 Å². The Balaban J connectivity index is 3.20. The fourth-order valence-corrected chi connectivity index (χ4v) is 2.84. The highest BCUT2D eigenvalue weighted by atomic mass is 32.2. The van der Waals surface area contributed by atoms with Crippen molar-refractivity contribution in [1.29, 1.82) is 0 Å². The lowest BCUT2D eigenvalue weighted by Crippen LogP contribution is -2.13. The molecule has 0 saturated heterocycles. The first-order valence-corrected chi connectivity index (χ1v) is 6.59. The maximum absolute atomic E-state index is 11.9. The Morgan fingerprint density at radius 2 is 2.06 bits per heavy atom. The number of benzene rings is 1. The van der Waals surface area contributed by atoms with Crippen LogP contribution < -0.4 is 0 Å². The van der Waals surface area contributed by atoms with Gasteiger partial charge in [0.15, 0.2) is 9.84 Å². The highest BCUT2D eigenvalue weighted by Gasteiger charge is 2.18. The monoisotopic (exact) mass is 258 g/mol. The molecule has 0 aromatic heterocycles. The van der Waals surface area contributed by atoms with Gasteiger partial charge in [0.05, 0.1) is 22.8 Å². The van der Waals surface area contributed by atoms with Crippen LogP contribution in [0.15, 0.2) is 23.1 Å². The molecule has 0 aliphatic rings. The van der Waals surface area contributed by atoms with Gasteiger partial charge in [-0.05, 0) is 24.6 Å². The predicted molar refractivity (Wildman–Crippen MR) is 62.1 cm³/mol. The van der Waals surface area contributed by atoms with Crippen LogP contribution in [-0.2, 0) is 14.6 Å². The first-order valence-electron chi connectivity index (χ1n) is 4.94. The first kappa shape index (κ1) is 13.7. The highest BCUT2D eigenvalue weighted by molar-refractivity contribution is 7.91. The topological polar surface area (TPSA) is 80.7 Å². The van der Waals surface area contributed by atoms with Crippen molar-refractivity contribution in [3.63, 3.8) is 0 Å². The number of sulfone groups is 1. The molecule has 0 saturated carbocycles. The second-order valence-corrected chi connectivity index (χ2v) is 5.67. The molecule has 1 aromatic rings. The normalized spacial score (nSPS) is 11.4. The van der Waals surface area contributed by atoms with Crippen molar-refractivity contribution in [3.8, 4) is 0 Å². The predicted octanol–water partition coefficient (Wildman–Crippen LogP) is 1.11. The molecule has 17 heavy (non-hydrogen) atoms. The number of methoxy groups -OCH3 is 1. The fraction of sp³-hybridized carbons (Fsp3) is 0.364. The molecule has 0 radical (unpaired) electrons. The van der Waals surface area contributed by atoms with Crippen LogP contribution in [0.4, 0.5) is 0 Å². The Morgan fingerprint density at radius 3 is 2.59 bits per heavy atom. The standard InChI is InChI=1S/C11H14O5S/c1-8-3-4-9(11(12)13)7-10(8)17(14,15)6-5-16-2/h3-4,7H,5-6H2,1-2H3,(H,12,13). The Kier molecular flexibility index (Phi) is 4.25. The third-order valence-corrected chi connectivity index (χ3v) is 4.14. The van der Waals surface area contributed by atoms with Crippen molar-refractivity contribution < 1.29 is 23.1 Å². The quantitative estimate of drug-likeness (QED) is 0.855. The molecule has 6 heteroatoms. The minimum absolute atomic E-state index is 0.0356. The van der Waals surface area contributed by atoms with Crippen LogP contribution in [0.1, 0.15) is 15.9 Å². The van der Waals surface area contributed by atoms with E-state index in [9.17, 15) is 13.2 Å². The number of hydrogen-bond donors (Lipinski definition) is 1. The number of rotatable bonds is 5. The van der Waals surface area contributed by atoms with E-state index in [1.54, 1.807) is 6.92 Å². The summed E-state index contributed by atoms with van der Waals surface area (Å²) in [5.41, 5.74) is 0.498. The third kappa shape index (κ3) is 3.28. The van der Waals surface area contributed by atoms with Gasteiger partial charge in [-0.15, -0.1) is 0 Å². The SMILES string of the molecule is COCCS(=O)(=O)c1cc(C(=O)O)ccc1C. The largest absolute Gasteiger partial charge is 0.478 e. The van der Waals surface area contributed by atoms with Crippen molar-refractivity contribution in [2.45, 2.75) is 11.8 Å². The van der Waals surface area contributed by atoms with Gasteiger partial charge in [0.1, 0.15) is 0 Å². The van der Waals surface area contributed by atoms with E-state index in [2.05, 4.69) is 0 Å². The molecule has 94 valence electrons. The van der Waals surface area contributed by atoms with Gasteiger partial charge in [-0.25, -0.2) is 13.2 Å².